The van der Waals surface area contributed by atoms with Crippen LogP contribution in [0.1, 0.15) is 56.5 Å². The Kier molecular flexibility index (Phi) is 8.74. The zero-order chi connectivity index (χ0) is 30.9. The van der Waals surface area contributed by atoms with Crippen molar-refractivity contribution < 1.29 is 31.9 Å². The molecule has 16 heteroatoms. The van der Waals surface area contributed by atoms with Crippen molar-refractivity contribution >= 4 is 35.0 Å². The fraction of sp³-hybridized carbons (Fsp3) is 0.444. The van der Waals surface area contributed by atoms with Crippen LogP contribution in [0.25, 0.3) is 0 Å². The van der Waals surface area contributed by atoms with E-state index < -0.39 is 24.5 Å². The molecule has 2 fully saturated rings. The molecular formula is C27H29ClF4N8O3. The highest BCUT2D eigenvalue weighted by Crippen LogP contribution is 2.33. The van der Waals surface area contributed by atoms with Gasteiger partial charge < -0.3 is 25.8 Å². The molecule has 3 heterocycles. The number of alkyl halides is 4. The standard InChI is InChI=1S/C27H29ClF4N8O3/c28-20-12-16(1-2-18(20)26(43)40-7-5-39(6-8-40)25(42)14-9-15(33)10-14)36-24(41)23-34-13-17(35-23)11-19-21(3-4-29)37-38-22(19)27(30,31)32/h1-2,12-15H,3-11,33H2,(H,34,35)(H,36,41)(H,37,38). The number of carbonyl (C=O) groups is 3. The van der Waals surface area contributed by atoms with E-state index in [9.17, 15) is 31.9 Å². The van der Waals surface area contributed by atoms with Crippen molar-refractivity contribution in [3.05, 3.63) is 63.5 Å². The van der Waals surface area contributed by atoms with Gasteiger partial charge in [0.2, 0.25) is 5.91 Å². The van der Waals surface area contributed by atoms with Crippen molar-refractivity contribution in [1.29, 1.82) is 0 Å². The van der Waals surface area contributed by atoms with Crippen molar-refractivity contribution in [2.45, 2.75) is 37.9 Å². The normalized spacial score (nSPS) is 18.8. The van der Waals surface area contributed by atoms with Crippen LogP contribution in [-0.4, -0.2) is 86.6 Å². The lowest BCUT2D eigenvalue weighted by Gasteiger charge is -2.40. The largest absolute Gasteiger partial charge is 0.435 e. The number of H-pyrrole nitrogens is 2. The molecule has 1 saturated heterocycles. The van der Waals surface area contributed by atoms with Crippen molar-refractivity contribution in [2.24, 2.45) is 11.7 Å². The topological polar surface area (TPSA) is 153 Å². The summed E-state index contributed by atoms with van der Waals surface area (Å²) in [7, 11) is 0. The van der Waals surface area contributed by atoms with Crippen LogP contribution in [0.5, 0.6) is 0 Å². The zero-order valence-electron chi connectivity index (χ0n) is 22.8. The number of halogens is 5. The number of benzene rings is 1. The molecule has 2 aliphatic rings. The molecule has 2 aromatic heterocycles. The van der Waals surface area contributed by atoms with E-state index in [-0.39, 0.29) is 75.7 Å². The Bertz CT molecular complexity index is 1510. The Morgan fingerprint density at radius 3 is 2.44 bits per heavy atom. The molecule has 230 valence electrons. The van der Waals surface area contributed by atoms with Crippen molar-refractivity contribution in [3.8, 4) is 0 Å². The van der Waals surface area contributed by atoms with Crippen LogP contribution in [0.3, 0.4) is 0 Å². The van der Waals surface area contributed by atoms with E-state index in [2.05, 4.69) is 25.5 Å². The number of piperazine rings is 1. The smallest absolute Gasteiger partial charge is 0.339 e. The van der Waals surface area contributed by atoms with Gasteiger partial charge in [-0.25, -0.2) is 4.98 Å². The summed E-state index contributed by atoms with van der Waals surface area (Å²) in [6.07, 6.45) is -2.73. The van der Waals surface area contributed by atoms with Gasteiger partial charge in [-0.1, -0.05) is 11.6 Å². The lowest BCUT2D eigenvalue weighted by molar-refractivity contribution is -0.142. The molecule has 11 nitrogen and oxygen atoms in total. The summed E-state index contributed by atoms with van der Waals surface area (Å²) in [4.78, 5) is 48.4. The van der Waals surface area contributed by atoms with Crippen LogP contribution in [-0.2, 0) is 23.8 Å². The van der Waals surface area contributed by atoms with Crippen LogP contribution in [0.15, 0.2) is 24.4 Å². The molecule has 0 atom stereocenters. The molecule has 0 radical (unpaired) electrons. The highest BCUT2D eigenvalue weighted by molar-refractivity contribution is 6.34. The highest BCUT2D eigenvalue weighted by Gasteiger charge is 2.38. The first kappa shape index (κ1) is 30.5. The van der Waals surface area contributed by atoms with E-state index in [0.29, 0.717) is 39.0 Å². The Labute approximate surface area is 248 Å². The summed E-state index contributed by atoms with van der Waals surface area (Å²) in [6, 6.07) is 4.45. The first-order valence-corrected chi connectivity index (χ1v) is 14.0. The maximum Gasteiger partial charge on any atom is 0.435 e. The van der Waals surface area contributed by atoms with E-state index in [0.717, 1.165) is 0 Å². The zero-order valence-corrected chi connectivity index (χ0v) is 23.6. The van der Waals surface area contributed by atoms with Gasteiger partial charge in [0.15, 0.2) is 11.5 Å². The molecule has 0 spiro atoms. The van der Waals surface area contributed by atoms with Crippen LogP contribution >= 0.6 is 11.6 Å². The quantitative estimate of drug-likeness (QED) is 0.283. The van der Waals surface area contributed by atoms with Crippen molar-refractivity contribution in [3.63, 3.8) is 0 Å². The second-order valence-corrected chi connectivity index (χ2v) is 11.0. The third-order valence-corrected chi connectivity index (χ3v) is 7.95. The van der Waals surface area contributed by atoms with Crippen LogP contribution in [0.2, 0.25) is 5.02 Å². The number of anilines is 1. The van der Waals surface area contributed by atoms with E-state index in [1.54, 1.807) is 9.80 Å². The van der Waals surface area contributed by atoms with Crippen LogP contribution in [0.4, 0.5) is 23.2 Å². The van der Waals surface area contributed by atoms with Gasteiger partial charge in [0.25, 0.3) is 11.8 Å². The minimum absolute atomic E-state index is 0.00828. The Morgan fingerprint density at radius 2 is 1.81 bits per heavy atom. The number of amides is 3. The summed E-state index contributed by atoms with van der Waals surface area (Å²) < 4.78 is 53.0. The molecule has 0 bridgehead atoms. The molecule has 1 aliphatic carbocycles. The Hall–Kier alpha value is -3.98. The fourth-order valence-electron chi connectivity index (χ4n) is 5.26. The van der Waals surface area contributed by atoms with E-state index >= 15 is 0 Å². The first-order chi connectivity index (χ1) is 20.4. The van der Waals surface area contributed by atoms with Crippen molar-refractivity contribution in [1.82, 2.24) is 30.0 Å². The molecule has 5 rings (SSSR count). The predicted octanol–water partition coefficient (Wildman–Crippen LogP) is 3.18. The monoisotopic (exact) mass is 624 g/mol. The molecular weight excluding hydrogens is 596 g/mol. The Morgan fingerprint density at radius 1 is 1.12 bits per heavy atom. The summed E-state index contributed by atoms with van der Waals surface area (Å²) in [6.45, 7) is 0.685. The number of hydrogen-bond donors (Lipinski definition) is 4. The number of hydrogen-bond acceptors (Lipinski definition) is 6. The number of carbonyl (C=O) groups excluding carboxylic acids is 3. The van der Waals surface area contributed by atoms with Crippen LogP contribution < -0.4 is 11.1 Å². The van der Waals surface area contributed by atoms with E-state index in [1.807, 2.05) is 0 Å². The number of nitrogens with two attached hydrogens (primary N) is 1. The van der Waals surface area contributed by atoms with Gasteiger partial charge in [-0.2, -0.15) is 18.3 Å². The number of aromatic nitrogens is 4. The first-order valence-electron chi connectivity index (χ1n) is 13.6. The molecule has 1 aliphatic heterocycles. The third-order valence-electron chi connectivity index (χ3n) is 7.64. The number of aryl methyl sites for hydroxylation is 1. The van der Waals surface area contributed by atoms with E-state index in [1.165, 1.54) is 24.4 Å². The van der Waals surface area contributed by atoms with E-state index in [4.69, 9.17) is 17.3 Å². The number of rotatable bonds is 8. The lowest BCUT2D eigenvalue weighted by Crippen LogP contribution is -2.54. The van der Waals surface area contributed by atoms with Gasteiger partial charge in [0.1, 0.15) is 0 Å². The number of imidazole rings is 1. The van der Waals surface area contributed by atoms with Gasteiger partial charge in [-0.15, -0.1) is 0 Å². The average molecular weight is 625 g/mol. The SMILES string of the molecule is NC1CC(C(=O)N2CCN(C(=O)c3ccc(NC(=O)c4ncc(Cc5c(C(F)(F)F)n[nH]c5CCF)[nH]4)cc3Cl)CC2)C1. The van der Waals surface area contributed by atoms with Gasteiger partial charge in [0, 0.05) is 79.8 Å². The molecule has 0 unspecified atom stereocenters. The average Bonchev–Trinajstić information content (AvgIpc) is 3.59. The molecule has 43 heavy (non-hydrogen) atoms. The lowest BCUT2D eigenvalue weighted by atomic mass is 9.80. The molecule has 5 N–H and O–H groups in total. The maximum absolute atomic E-state index is 13.4. The van der Waals surface area contributed by atoms with Crippen LogP contribution in [0, 0.1) is 5.92 Å². The fourth-order valence-corrected chi connectivity index (χ4v) is 5.52. The summed E-state index contributed by atoms with van der Waals surface area (Å²) >= 11 is 6.38. The number of aromatic amines is 2. The summed E-state index contributed by atoms with van der Waals surface area (Å²) in [5.41, 5.74) is 5.09. The Balaban J connectivity index is 1.19. The molecule has 1 aromatic carbocycles. The number of nitrogens with zero attached hydrogens (tertiary/aromatic N) is 4. The highest BCUT2D eigenvalue weighted by atomic mass is 35.5. The molecule has 3 amide bonds. The predicted molar refractivity (Wildman–Crippen MR) is 147 cm³/mol. The van der Waals surface area contributed by atoms with Gasteiger partial charge in [-0.05, 0) is 31.0 Å². The summed E-state index contributed by atoms with van der Waals surface area (Å²) in [5.74, 6) is -1.14. The summed E-state index contributed by atoms with van der Waals surface area (Å²) in [5, 5.41) is 8.21. The minimum Gasteiger partial charge on any atom is -0.339 e. The van der Waals surface area contributed by atoms with Crippen molar-refractivity contribution in [2.75, 3.05) is 38.2 Å². The van der Waals surface area contributed by atoms with Gasteiger partial charge in [-0.3, -0.25) is 23.9 Å². The minimum atomic E-state index is -4.74. The second-order valence-electron chi connectivity index (χ2n) is 10.6. The molecule has 3 aromatic rings. The number of nitrogens with one attached hydrogen (secondary N) is 3. The third kappa shape index (κ3) is 6.67. The maximum atomic E-state index is 13.4. The second kappa shape index (κ2) is 12.3. The van der Waals surface area contributed by atoms with Gasteiger partial charge >= 0.3 is 6.18 Å². The van der Waals surface area contributed by atoms with Gasteiger partial charge in [0.05, 0.1) is 17.3 Å². The molecule has 1 saturated carbocycles.